The van der Waals surface area contributed by atoms with Crippen molar-refractivity contribution in [2.45, 2.75) is 38.4 Å². The summed E-state index contributed by atoms with van der Waals surface area (Å²) in [7, 11) is 0. The summed E-state index contributed by atoms with van der Waals surface area (Å²) >= 11 is 6.24. The molecule has 0 saturated carbocycles. The van der Waals surface area contributed by atoms with Gasteiger partial charge in [0.2, 0.25) is 0 Å². The van der Waals surface area contributed by atoms with E-state index in [1.165, 1.54) is 5.56 Å². The van der Waals surface area contributed by atoms with Crippen LogP contribution in [0.2, 0.25) is 5.02 Å². The Kier molecular flexibility index (Phi) is 8.40. The van der Waals surface area contributed by atoms with Gasteiger partial charge in [0.1, 0.15) is 18.5 Å². The number of halogens is 1. The van der Waals surface area contributed by atoms with E-state index in [2.05, 4.69) is 31.3 Å². The van der Waals surface area contributed by atoms with Crippen molar-refractivity contribution in [3.8, 4) is 17.2 Å². The Morgan fingerprint density at radius 2 is 1.79 bits per heavy atom. The van der Waals surface area contributed by atoms with Crippen LogP contribution in [0.25, 0.3) is 0 Å². The number of fused-ring (bicyclic) bond motifs is 1. The predicted octanol–water partition coefficient (Wildman–Crippen LogP) is 6.19. The summed E-state index contributed by atoms with van der Waals surface area (Å²) in [6.07, 6.45) is 0.742. The minimum absolute atomic E-state index is 0.0332. The van der Waals surface area contributed by atoms with E-state index in [1.807, 2.05) is 60.7 Å². The van der Waals surface area contributed by atoms with Gasteiger partial charge in [-0.25, -0.2) is 0 Å². The van der Waals surface area contributed by atoms with Crippen molar-refractivity contribution < 1.29 is 23.7 Å². The molecular weight excluding hydrogens is 502 g/mol. The molecule has 4 atom stereocenters. The van der Waals surface area contributed by atoms with Crippen LogP contribution in [-0.2, 0) is 9.53 Å². The SMILES string of the molecule is CC(C)[C@@H]1C[C@H](c2cccc(Cl)c2)CO[C@H]1c1cccc(OCC(=O)NC[C@@H]2COc3ccccc3O2)c1. The molecular formula is C31H34ClNO5. The second-order valence-corrected chi connectivity index (χ2v) is 10.7. The average molecular weight is 536 g/mol. The molecule has 0 bridgehead atoms. The van der Waals surface area contributed by atoms with Gasteiger partial charge < -0.3 is 24.3 Å². The molecule has 2 heterocycles. The Morgan fingerprint density at radius 3 is 2.61 bits per heavy atom. The van der Waals surface area contributed by atoms with Gasteiger partial charge in [0, 0.05) is 10.9 Å². The Labute approximate surface area is 229 Å². The molecule has 0 aliphatic carbocycles. The number of carbonyl (C=O) groups excluding carboxylic acids is 1. The zero-order valence-electron chi connectivity index (χ0n) is 21.8. The molecule has 1 saturated heterocycles. The molecule has 5 rings (SSSR count). The Balaban J connectivity index is 1.15. The summed E-state index contributed by atoms with van der Waals surface area (Å²) in [6.45, 7) is 5.77. The first-order valence-electron chi connectivity index (χ1n) is 13.2. The largest absolute Gasteiger partial charge is 0.486 e. The van der Waals surface area contributed by atoms with Gasteiger partial charge in [-0.2, -0.15) is 0 Å². The number of hydrogen-bond donors (Lipinski definition) is 1. The molecule has 200 valence electrons. The van der Waals surface area contributed by atoms with Crippen molar-refractivity contribution >= 4 is 17.5 Å². The highest BCUT2D eigenvalue weighted by molar-refractivity contribution is 6.30. The number of para-hydroxylation sites is 2. The third-order valence-electron chi connectivity index (χ3n) is 7.25. The monoisotopic (exact) mass is 535 g/mol. The van der Waals surface area contributed by atoms with E-state index in [0.717, 1.165) is 22.8 Å². The Morgan fingerprint density at radius 1 is 1.00 bits per heavy atom. The van der Waals surface area contributed by atoms with Gasteiger partial charge in [0.15, 0.2) is 18.1 Å². The number of rotatable bonds is 8. The molecule has 1 amide bonds. The fourth-order valence-corrected chi connectivity index (χ4v) is 5.39. The van der Waals surface area contributed by atoms with Crippen LogP contribution in [-0.4, -0.2) is 38.4 Å². The van der Waals surface area contributed by atoms with Crippen LogP contribution < -0.4 is 19.5 Å². The van der Waals surface area contributed by atoms with Crippen LogP contribution in [0.3, 0.4) is 0 Å². The van der Waals surface area contributed by atoms with Crippen LogP contribution in [0.15, 0.2) is 72.8 Å². The highest BCUT2D eigenvalue weighted by atomic mass is 35.5. The molecule has 0 spiro atoms. The van der Waals surface area contributed by atoms with Crippen molar-refractivity contribution in [1.82, 2.24) is 5.32 Å². The molecule has 0 radical (unpaired) electrons. The minimum atomic E-state index is -0.246. The van der Waals surface area contributed by atoms with E-state index >= 15 is 0 Å². The lowest BCUT2D eigenvalue weighted by Crippen LogP contribution is -2.42. The quantitative estimate of drug-likeness (QED) is 0.372. The number of carbonyl (C=O) groups is 1. The van der Waals surface area contributed by atoms with Crippen molar-refractivity contribution in [2.24, 2.45) is 11.8 Å². The third kappa shape index (κ3) is 6.43. The molecule has 6 nitrogen and oxygen atoms in total. The van der Waals surface area contributed by atoms with E-state index in [1.54, 1.807) is 0 Å². The molecule has 3 aromatic carbocycles. The van der Waals surface area contributed by atoms with Crippen molar-refractivity contribution in [2.75, 3.05) is 26.4 Å². The van der Waals surface area contributed by atoms with E-state index in [4.69, 9.17) is 30.5 Å². The van der Waals surface area contributed by atoms with E-state index in [-0.39, 0.29) is 24.7 Å². The highest BCUT2D eigenvalue weighted by Crippen LogP contribution is 2.44. The lowest BCUT2D eigenvalue weighted by atomic mass is 9.76. The van der Waals surface area contributed by atoms with Crippen LogP contribution in [0.1, 0.15) is 43.4 Å². The number of amides is 1. The lowest BCUT2D eigenvalue weighted by Gasteiger charge is -2.39. The molecule has 3 aromatic rings. The molecule has 1 N–H and O–H groups in total. The maximum absolute atomic E-state index is 12.5. The number of hydrogen-bond acceptors (Lipinski definition) is 5. The second-order valence-electron chi connectivity index (χ2n) is 10.3. The Bertz CT molecular complexity index is 1250. The van der Waals surface area contributed by atoms with E-state index in [9.17, 15) is 4.79 Å². The molecule has 2 aliphatic rings. The zero-order chi connectivity index (χ0) is 26.5. The number of ether oxygens (including phenoxy) is 4. The molecule has 0 aromatic heterocycles. The summed E-state index contributed by atoms with van der Waals surface area (Å²) in [5.41, 5.74) is 2.29. The minimum Gasteiger partial charge on any atom is -0.486 e. The van der Waals surface area contributed by atoms with Crippen LogP contribution >= 0.6 is 11.6 Å². The summed E-state index contributed by atoms with van der Waals surface area (Å²) in [5.74, 6) is 2.94. The van der Waals surface area contributed by atoms with Crippen LogP contribution in [0.5, 0.6) is 17.2 Å². The first kappa shape index (κ1) is 26.4. The van der Waals surface area contributed by atoms with Gasteiger partial charge in [0.25, 0.3) is 5.91 Å². The third-order valence-corrected chi connectivity index (χ3v) is 7.48. The van der Waals surface area contributed by atoms with Gasteiger partial charge in [-0.3, -0.25) is 4.79 Å². The van der Waals surface area contributed by atoms with Gasteiger partial charge in [0.05, 0.1) is 19.3 Å². The molecule has 38 heavy (non-hydrogen) atoms. The zero-order valence-corrected chi connectivity index (χ0v) is 22.5. The predicted molar refractivity (Wildman–Crippen MR) is 147 cm³/mol. The topological polar surface area (TPSA) is 66.0 Å². The highest BCUT2D eigenvalue weighted by Gasteiger charge is 2.35. The fraction of sp³-hybridized carbons (Fsp3) is 0.387. The van der Waals surface area contributed by atoms with E-state index in [0.29, 0.717) is 49.0 Å². The van der Waals surface area contributed by atoms with Gasteiger partial charge >= 0.3 is 0 Å². The fourth-order valence-electron chi connectivity index (χ4n) is 5.19. The second kappa shape index (κ2) is 12.1. The average Bonchev–Trinajstić information content (AvgIpc) is 2.94. The van der Waals surface area contributed by atoms with Crippen LogP contribution in [0, 0.1) is 11.8 Å². The summed E-state index contributed by atoms with van der Waals surface area (Å²) in [4.78, 5) is 12.5. The first-order chi connectivity index (χ1) is 18.5. The summed E-state index contributed by atoms with van der Waals surface area (Å²) in [6, 6.07) is 23.5. The normalized spacial score (nSPS) is 22.6. The lowest BCUT2D eigenvalue weighted by molar-refractivity contribution is -0.123. The number of benzene rings is 3. The molecule has 1 fully saturated rings. The van der Waals surface area contributed by atoms with Crippen molar-refractivity contribution in [3.63, 3.8) is 0 Å². The molecule has 2 aliphatic heterocycles. The molecule has 0 unspecified atom stereocenters. The van der Waals surface area contributed by atoms with Gasteiger partial charge in [-0.05, 0) is 65.8 Å². The van der Waals surface area contributed by atoms with Gasteiger partial charge in [-0.1, -0.05) is 61.8 Å². The molecule has 7 heteroatoms. The number of nitrogens with one attached hydrogen (secondary N) is 1. The van der Waals surface area contributed by atoms with Crippen molar-refractivity contribution in [3.05, 3.63) is 88.9 Å². The van der Waals surface area contributed by atoms with Crippen molar-refractivity contribution in [1.29, 1.82) is 0 Å². The van der Waals surface area contributed by atoms with E-state index < -0.39 is 0 Å². The first-order valence-corrected chi connectivity index (χ1v) is 13.6. The maximum Gasteiger partial charge on any atom is 0.258 e. The van der Waals surface area contributed by atoms with Crippen LogP contribution in [0.4, 0.5) is 0 Å². The maximum atomic E-state index is 12.5. The summed E-state index contributed by atoms with van der Waals surface area (Å²) in [5, 5.41) is 3.63. The summed E-state index contributed by atoms with van der Waals surface area (Å²) < 4.78 is 23.9. The Hall–Kier alpha value is -3.22. The smallest absolute Gasteiger partial charge is 0.258 e. The van der Waals surface area contributed by atoms with Gasteiger partial charge in [-0.15, -0.1) is 0 Å². The standard InChI is InChI=1S/C31H34ClNO5/c1-20(2)27-15-23(21-7-5-9-24(32)13-21)17-37-31(27)22-8-6-10-25(14-22)35-19-30(34)33-16-26-18-36-28-11-3-4-12-29(28)38-26/h3-14,20,23,26-27,31H,15-19H2,1-2H3,(H,33,34)/t23-,26+,27-,31-/m0/s1.